The molecule has 0 unspecified atom stereocenters. The molecule has 8 nitrogen and oxygen atoms in total. The monoisotopic (exact) mass is 430 g/mol. The molecule has 0 aliphatic carbocycles. The van der Waals surface area contributed by atoms with Crippen LogP contribution < -0.4 is 5.56 Å². The van der Waals surface area contributed by atoms with E-state index in [-0.39, 0.29) is 17.6 Å². The fraction of sp³-hybridized carbons (Fsp3) is 0.250. The molecule has 2 aromatic heterocycles. The topological polar surface area (TPSA) is 84.2 Å². The Hall–Kier alpha value is -3.94. The number of ether oxygens (including phenoxy) is 1. The Morgan fingerprint density at radius 1 is 0.969 bits per heavy atom. The molecule has 162 valence electrons. The van der Waals surface area contributed by atoms with Gasteiger partial charge in [-0.15, -0.1) is 0 Å². The van der Waals surface area contributed by atoms with Crippen molar-refractivity contribution >= 4 is 39.3 Å². The highest BCUT2D eigenvalue weighted by Crippen LogP contribution is 2.21. The van der Waals surface area contributed by atoms with Crippen molar-refractivity contribution in [1.29, 1.82) is 0 Å². The minimum atomic E-state index is -0.364. The standard InChI is InChI=1S/C24H22N4O4/c1-2-32-24(31)27-12-10-26(11-13-27)22(29)18-8-5-9-28-21(18)25-20-15-17-7-4-3-6-16(17)14-19(20)23(28)30/h3-9,14-15H,2,10-13H2,1H3. The molecule has 0 spiro atoms. The Labute approximate surface area is 183 Å². The van der Waals surface area contributed by atoms with Crippen molar-refractivity contribution < 1.29 is 14.3 Å². The minimum absolute atomic E-state index is 0.210. The SMILES string of the molecule is CCOC(=O)N1CCN(C(=O)c2cccn3c(=O)c4cc5ccccc5cc4nc23)CC1. The van der Waals surface area contributed by atoms with Crippen LogP contribution in [0.15, 0.2) is 59.5 Å². The summed E-state index contributed by atoms with van der Waals surface area (Å²) in [5.41, 5.74) is 1.04. The number of nitrogens with zero attached hydrogens (tertiary/aromatic N) is 4. The number of hydrogen-bond donors (Lipinski definition) is 0. The van der Waals surface area contributed by atoms with E-state index in [0.29, 0.717) is 54.9 Å². The number of rotatable bonds is 2. The number of aromatic nitrogens is 2. The normalized spacial score (nSPS) is 14.3. The lowest BCUT2D eigenvalue weighted by molar-refractivity contribution is 0.0571. The van der Waals surface area contributed by atoms with Gasteiger partial charge in [-0.1, -0.05) is 24.3 Å². The Morgan fingerprint density at radius 2 is 1.66 bits per heavy atom. The van der Waals surface area contributed by atoms with E-state index in [1.807, 2.05) is 36.4 Å². The van der Waals surface area contributed by atoms with Gasteiger partial charge < -0.3 is 14.5 Å². The van der Waals surface area contributed by atoms with Crippen molar-refractivity contribution in [1.82, 2.24) is 19.2 Å². The van der Waals surface area contributed by atoms with Gasteiger partial charge in [-0.3, -0.25) is 14.0 Å². The molecule has 0 N–H and O–H groups in total. The van der Waals surface area contributed by atoms with Crippen molar-refractivity contribution in [2.45, 2.75) is 6.92 Å². The van der Waals surface area contributed by atoms with Gasteiger partial charge in [-0.05, 0) is 42.0 Å². The van der Waals surface area contributed by atoms with Crippen LogP contribution in [0.1, 0.15) is 17.3 Å². The second-order valence-corrected chi connectivity index (χ2v) is 7.73. The molecular formula is C24H22N4O4. The molecule has 5 rings (SSSR count). The fourth-order valence-corrected chi connectivity index (χ4v) is 4.16. The summed E-state index contributed by atoms with van der Waals surface area (Å²) in [4.78, 5) is 46.4. The lowest BCUT2D eigenvalue weighted by Crippen LogP contribution is -2.50. The zero-order chi connectivity index (χ0) is 22.2. The third-order valence-electron chi connectivity index (χ3n) is 5.83. The summed E-state index contributed by atoms with van der Waals surface area (Å²) in [5.74, 6) is -0.210. The number of hydrogen-bond acceptors (Lipinski definition) is 5. The fourth-order valence-electron chi connectivity index (χ4n) is 4.16. The van der Waals surface area contributed by atoms with Gasteiger partial charge in [0.15, 0.2) is 5.65 Å². The van der Waals surface area contributed by atoms with Crippen LogP contribution in [0.2, 0.25) is 0 Å². The molecule has 2 amide bonds. The van der Waals surface area contributed by atoms with Crippen LogP contribution in [0, 0.1) is 0 Å². The van der Waals surface area contributed by atoms with Crippen molar-refractivity contribution in [3.8, 4) is 0 Å². The van der Waals surface area contributed by atoms with E-state index in [1.165, 1.54) is 4.40 Å². The molecule has 0 saturated carbocycles. The van der Waals surface area contributed by atoms with E-state index < -0.39 is 0 Å². The number of fused-ring (bicyclic) bond motifs is 3. The summed E-state index contributed by atoms with van der Waals surface area (Å²) in [6.07, 6.45) is 1.27. The van der Waals surface area contributed by atoms with Crippen molar-refractivity contribution in [3.63, 3.8) is 0 Å². The largest absolute Gasteiger partial charge is 0.450 e. The lowest BCUT2D eigenvalue weighted by atomic mass is 10.1. The van der Waals surface area contributed by atoms with E-state index in [9.17, 15) is 14.4 Å². The molecule has 1 aliphatic heterocycles. The first-order valence-corrected chi connectivity index (χ1v) is 10.6. The van der Waals surface area contributed by atoms with Gasteiger partial charge in [-0.2, -0.15) is 0 Å². The van der Waals surface area contributed by atoms with Crippen molar-refractivity contribution in [3.05, 3.63) is 70.6 Å². The van der Waals surface area contributed by atoms with E-state index >= 15 is 0 Å². The molecule has 0 radical (unpaired) electrons. The van der Waals surface area contributed by atoms with Crippen LogP contribution >= 0.6 is 0 Å². The van der Waals surface area contributed by atoms with Gasteiger partial charge in [0.25, 0.3) is 11.5 Å². The molecule has 1 fully saturated rings. The number of carbonyl (C=O) groups excluding carboxylic acids is 2. The van der Waals surface area contributed by atoms with E-state index in [4.69, 9.17) is 9.72 Å². The summed E-state index contributed by atoms with van der Waals surface area (Å²) >= 11 is 0. The van der Waals surface area contributed by atoms with Crippen LogP contribution in [0.4, 0.5) is 4.79 Å². The summed E-state index contributed by atoms with van der Waals surface area (Å²) in [6.45, 7) is 3.66. The molecular weight excluding hydrogens is 408 g/mol. The van der Waals surface area contributed by atoms with Gasteiger partial charge in [-0.25, -0.2) is 9.78 Å². The number of piperazine rings is 1. The van der Waals surface area contributed by atoms with Crippen LogP contribution in [-0.4, -0.2) is 64.0 Å². The van der Waals surface area contributed by atoms with Gasteiger partial charge in [0.05, 0.1) is 23.1 Å². The molecule has 8 heteroatoms. The second kappa shape index (κ2) is 7.96. The van der Waals surface area contributed by atoms with Crippen LogP contribution in [0.25, 0.3) is 27.3 Å². The van der Waals surface area contributed by atoms with Gasteiger partial charge in [0.1, 0.15) is 0 Å². The summed E-state index contributed by atoms with van der Waals surface area (Å²) in [6, 6.07) is 14.9. The molecule has 32 heavy (non-hydrogen) atoms. The minimum Gasteiger partial charge on any atom is -0.450 e. The average molecular weight is 430 g/mol. The van der Waals surface area contributed by atoms with Gasteiger partial charge in [0, 0.05) is 32.4 Å². The van der Waals surface area contributed by atoms with E-state index in [2.05, 4.69) is 0 Å². The zero-order valence-corrected chi connectivity index (χ0v) is 17.7. The van der Waals surface area contributed by atoms with Crippen LogP contribution in [0.3, 0.4) is 0 Å². The summed E-state index contributed by atoms with van der Waals surface area (Å²) in [5, 5.41) is 2.45. The Morgan fingerprint density at radius 3 is 2.38 bits per heavy atom. The smallest absolute Gasteiger partial charge is 0.409 e. The van der Waals surface area contributed by atoms with Gasteiger partial charge >= 0.3 is 6.09 Å². The molecule has 3 heterocycles. The predicted molar refractivity (Wildman–Crippen MR) is 121 cm³/mol. The highest BCUT2D eigenvalue weighted by molar-refractivity contribution is 6.02. The van der Waals surface area contributed by atoms with E-state index in [0.717, 1.165) is 10.8 Å². The van der Waals surface area contributed by atoms with Gasteiger partial charge in [0.2, 0.25) is 0 Å². The Bertz CT molecular complexity index is 1420. The number of pyridine rings is 1. The maximum absolute atomic E-state index is 13.3. The average Bonchev–Trinajstić information content (AvgIpc) is 2.83. The second-order valence-electron chi connectivity index (χ2n) is 7.73. The third-order valence-corrected chi connectivity index (χ3v) is 5.83. The Balaban J connectivity index is 1.53. The lowest BCUT2D eigenvalue weighted by Gasteiger charge is -2.34. The number of carbonyl (C=O) groups is 2. The predicted octanol–water partition coefficient (Wildman–Crippen LogP) is 2.92. The first-order valence-electron chi connectivity index (χ1n) is 10.6. The molecule has 1 aliphatic rings. The maximum Gasteiger partial charge on any atom is 0.409 e. The van der Waals surface area contributed by atoms with Crippen molar-refractivity contribution in [2.75, 3.05) is 32.8 Å². The zero-order valence-electron chi connectivity index (χ0n) is 17.7. The summed E-state index contributed by atoms with van der Waals surface area (Å²) < 4.78 is 6.47. The summed E-state index contributed by atoms with van der Waals surface area (Å²) in [7, 11) is 0. The quantitative estimate of drug-likeness (QED) is 0.457. The maximum atomic E-state index is 13.3. The molecule has 4 aromatic rings. The Kier molecular flexibility index (Phi) is 4.97. The highest BCUT2D eigenvalue weighted by atomic mass is 16.6. The van der Waals surface area contributed by atoms with E-state index in [1.54, 1.807) is 35.1 Å². The molecule has 0 atom stereocenters. The molecule has 0 bridgehead atoms. The van der Waals surface area contributed by atoms with Crippen LogP contribution in [-0.2, 0) is 4.74 Å². The molecule has 1 saturated heterocycles. The van der Waals surface area contributed by atoms with Crippen LogP contribution in [0.5, 0.6) is 0 Å². The first-order chi connectivity index (χ1) is 15.6. The highest BCUT2D eigenvalue weighted by Gasteiger charge is 2.27. The first kappa shape index (κ1) is 20.0. The number of amides is 2. The third kappa shape index (κ3) is 3.33. The molecule has 2 aromatic carbocycles. The van der Waals surface area contributed by atoms with Crippen molar-refractivity contribution in [2.24, 2.45) is 0 Å². The number of benzene rings is 2.